The molecule has 0 unspecified atom stereocenters. The zero-order valence-electron chi connectivity index (χ0n) is 17.9. The van der Waals surface area contributed by atoms with Gasteiger partial charge in [0.2, 0.25) is 0 Å². The molecule has 0 bridgehead atoms. The minimum Gasteiger partial charge on any atom is -0.339 e. The molecule has 4 rings (SSSR count). The maximum Gasteiger partial charge on any atom is 0.417 e. The number of hydrogen-bond acceptors (Lipinski definition) is 4. The molecule has 2 atom stereocenters. The first-order valence-corrected chi connectivity index (χ1v) is 12.1. The van der Waals surface area contributed by atoms with Gasteiger partial charge in [-0.25, -0.2) is 17.8 Å². The highest BCUT2D eigenvalue weighted by Gasteiger charge is 2.41. The van der Waals surface area contributed by atoms with Crippen molar-refractivity contribution in [2.45, 2.75) is 29.7 Å². The van der Waals surface area contributed by atoms with Crippen LogP contribution in [0.4, 0.5) is 17.6 Å². The Kier molecular flexibility index (Phi) is 6.74. The molecule has 0 amide bonds. The second kappa shape index (κ2) is 9.29. The summed E-state index contributed by atoms with van der Waals surface area (Å²) in [5.41, 5.74) is 0.00229. The van der Waals surface area contributed by atoms with Gasteiger partial charge in [-0.2, -0.15) is 17.5 Å². The van der Waals surface area contributed by atoms with Crippen molar-refractivity contribution in [2.75, 3.05) is 13.1 Å². The van der Waals surface area contributed by atoms with Crippen molar-refractivity contribution in [3.8, 4) is 0 Å². The number of halogens is 5. The van der Waals surface area contributed by atoms with Gasteiger partial charge >= 0.3 is 6.18 Å². The Morgan fingerprint density at radius 3 is 2.47 bits per heavy atom. The number of rotatable bonds is 6. The van der Waals surface area contributed by atoms with Gasteiger partial charge in [-0.15, -0.1) is 0 Å². The van der Waals surface area contributed by atoms with Crippen molar-refractivity contribution in [3.63, 3.8) is 0 Å². The maximum atomic E-state index is 13.5. The SMILES string of the molecule is Cn1cnc(S(=O)(=O)N2C[C@H](NCc3cccc(C(F)(F)F)c3Cl)[C@@H](c3ccc(F)cc3)C2)c1. The van der Waals surface area contributed by atoms with Crippen molar-refractivity contribution >= 4 is 21.6 Å². The van der Waals surface area contributed by atoms with E-state index in [0.717, 1.165) is 6.07 Å². The van der Waals surface area contributed by atoms with Gasteiger partial charge in [-0.1, -0.05) is 35.9 Å². The third-order valence-electron chi connectivity index (χ3n) is 5.81. The smallest absolute Gasteiger partial charge is 0.339 e. The van der Waals surface area contributed by atoms with Crippen LogP contribution in [0.2, 0.25) is 5.02 Å². The lowest BCUT2D eigenvalue weighted by Crippen LogP contribution is -2.36. The van der Waals surface area contributed by atoms with Crippen molar-refractivity contribution < 1.29 is 26.0 Å². The first kappa shape index (κ1) is 24.6. The fourth-order valence-electron chi connectivity index (χ4n) is 4.05. The fraction of sp³-hybridized carbons (Fsp3) is 0.318. The summed E-state index contributed by atoms with van der Waals surface area (Å²) in [7, 11) is -2.25. The number of nitrogens with one attached hydrogen (secondary N) is 1. The van der Waals surface area contributed by atoms with E-state index in [-0.39, 0.29) is 36.1 Å². The lowest BCUT2D eigenvalue weighted by molar-refractivity contribution is -0.137. The largest absolute Gasteiger partial charge is 0.417 e. The normalized spacial score (nSPS) is 19.6. The second-order valence-corrected chi connectivity index (χ2v) is 10.4. The third-order valence-corrected chi connectivity index (χ3v) is 7.97. The molecule has 0 saturated carbocycles. The Hall–Kier alpha value is -2.47. The van der Waals surface area contributed by atoms with Crippen LogP contribution in [-0.2, 0) is 29.8 Å². The van der Waals surface area contributed by atoms with Gasteiger partial charge in [0.25, 0.3) is 10.0 Å². The van der Waals surface area contributed by atoms with Crippen LogP contribution in [0.5, 0.6) is 0 Å². The molecule has 0 radical (unpaired) electrons. The molecule has 1 fully saturated rings. The highest BCUT2D eigenvalue weighted by atomic mass is 35.5. The molecule has 12 heteroatoms. The van der Waals surface area contributed by atoms with E-state index in [1.54, 1.807) is 19.2 Å². The number of sulfonamides is 1. The summed E-state index contributed by atoms with van der Waals surface area (Å²) in [5.74, 6) is -0.802. The molecule has 2 heterocycles. The van der Waals surface area contributed by atoms with E-state index < -0.39 is 38.6 Å². The number of imidazole rings is 1. The van der Waals surface area contributed by atoms with E-state index in [2.05, 4.69) is 10.3 Å². The van der Waals surface area contributed by atoms with Crippen molar-refractivity contribution in [2.24, 2.45) is 7.05 Å². The van der Waals surface area contributed by atoms with Gasteiger partial charge in [-0.3, -0.25) is 0 Å². The average molecular weight is 517 g/mol. The van der Waals surface area contributed by atoms with E-state index in [4.69, 9.17) is 11.6 Å². The van der Waals surface area contributed by atoms with Crippen LogP contribution in [0, 0.1) is 5.82 Å². The van der Waals surface area contributed by atoms with Crippen molar-refractivity contribution in [3.05, 3.63) is 82.5 Å². The highest BCUT2D eigenvalue weighted by Crippen LogP contribution is 2.37. The second-order valence-electron chi connectivity index (χ2n) is 8.12. The molecule has 3 aromatic rings. The number of aryl methyl sites for hydroxylation is 1. The van der Waals surface area contributed by atoms with Crippen LogP contribution in [0.15, 0.2) is 60.0 Å². The van der Waals surface area contributed by atoms with Gasteiger partial charge in [0.05, 0.1) is 16.9 Å². The lowest BCUT2D eigenvalue weighted by Gasteiger charge is -2.21. The Labute approximate surface area is 199 Å². The van der Waals surface area contributed by atoms with Crippen LogP contribution >= 0.6 is 11.6 Å². The van der Waals surface area contributed by atoms with Crippen LogP contribution in [0.3, 0.4) is 0 Å². The number of aromatic nitrogens is 2. The highest BCUT2D eigenvalue weighted by molar-refractivity contribution is 7.89. The summed E-state index contributed by atoms with van der Waals surface area (Å²) in [6, 6.07) is 8.91. The van der Waals surface area contributed by atoms with Gasteiger partial charge in [0.1, 0.15) is 5.82 Å². The van der Waals surface area contributed by atoms with Crippen LogP contribution in [-0.4, -0.2) is 41.4 Å². The van der Waals surface area contributed by atoms with Crippen LogP contribution in [0.1, 0.15) is 22.6 Å². The molecule has 34 heavy (non-hydrogen) atoms. The monoisotopic (exact) mass is 516 g/mol. The molecule has 1 aliphatic rings. The molecule has 0 spiro atoms. The molecule has 1 aliphatic heterocycles. The Morgan fingerprint density at radius 2 is 1.85 bits per heavy atom. The minimum absolute atomic E-state index is 0.0113. The van der Waals surface area contributed by atoms with E-state index in [1.807, 2.05) is 0 Å². The molecule has 1 N–H and O–H groups in total. The van der Waals surface area contributed by atoms with E-state index in [1.165, 1.54) is 45.7 Å². The fourth-order valence-corrected chi connectivity index (χ4v) is 5.81. The zero-order chi connectivity index (χ0) is 24.7. The average Bonchev–Trinajstić information content (AvgIpc) is 3.40. The number of hydrogen-bond donors (Lipinski definition) is 1. The molecule has 1 aromatic heterocycles. The molecule has 1 saturated heterocycles. The van der Waals surface area contributed by atoms with Gasteiger partial charge in [-0.05, 0) is 29.3 Å². The molecule has 0 aliphatic carbocycles. The van der Waals surface area contributed by atoms with Crippen molar-refractivity contribution in [1.29, 1.82) is 0 Å². The van der Waals surface area contributed by atoms with Gasteiger partial charge < -0.3 is 9.88 Å². The van der Waals surface area contributed by atoms with E-state index in [0.29, 0.717) is 5.56 Å². The van der Waals surface area contributed by atoms with Crippen molar-refractivity contribution in [1.82, 2.24) is 19.2 Å². The number of benzene rings is 2. The summed E-state index contributed by atoms with van der Waals surface area (Å²) in [6.45, 7) is 0.138. The maximum absolute atomic E-state index is 13.5. The minimum atomic E-state index is -4.59. The molecule has 182 valence electrons. The summed E-state index contributed by atoms with van der Waals surface area (Å²) >= 11 is 6.01. The Bertz CT molecular complexity index is 1280. The summed E-state index contributed by atoms with van der Waals surface area (Å²) < 4.78 is 82.2. The number of alkyl halides is 3. The summed E-state index contributed by atoms with van der Waals surface area (Å²) in [6.07, 6.45) is -1.82. The Morgan fingerprint density at radius 1 is 1.15 bits per heavy atom. The third kappa shape index (κ3) is 4.97. The van der Waals surface area contributed by atoms with E-state index in [9.17, 15) is 26.0 Å². The first-order valence-electron chi connectivity index (χ1n) is 10.3. The number of nitrogens with zero attached hydrogens (tertiary/aromatic N) is 3. The predicted octanol–water partition coefficient (Wildman–Crippen LogP) is 4.18. The van der Waals surface area contributed by atoms with Crippen LogP contribution < -0.4 is 5.32 Å². The Balaban J connectivity index is 1.61. The van der Waals surface area contributed by atoms with Crippen LogP contribution in [0.25, 0.3) is 0 Å². The topological polar surface area (TPSA) is 67.2 Å². The summed E-state index contributed by atoms with van der Waals surface area (Å²) in [5, 5.41) is 2.65. The quantitative estimate of drug-likeness (QED) is 0.499. The first-order chi connectivity index (χ1) is 16.0. The standard InChI is InChI=1S/C22H21ClF4N4O2S/c1-30-12-20(29-13-30)34(32,33)31-10-17(14-5-7-16(24)8-6-14)19(11-31)28-9-15-3-2-4-18(21(15)23)22(25,26)27/h2-8,12-13,17,19,28H,9-11H2,1H3/t17-,19+/m1/s1. The van der Waals surface area contributed by atoms with Gasteiger partial charge in [0.15, 0.2) is 5.03 Å². The molecular weight excluding hydrogens is 496 g/mol. The zero-order valence-corrected chi connectivity index (χ0v) is 19.5. The molecule has 6 nitrogen and oxygen atoms in total. The predicted molar refractivity (Wildman–Crippen MR) is 118 cm³/mol. The van der Waals surface area contributed by atoms with E-state index >= 15 is 0 Å². The van der Waals surface area contributed by atoms with Gasteiger partial charge in [0, 0.05) is 44.8 Å². The molecular formula is C22H21ClF4N4O2S. The summed E-state index contributed by atoms with van der Waals surface area (Å²) in [4.78, 5) is 3.94. The lowest BCUT2D eigenvalue weighted by atomic mass is 9.94. The molecule has 2 aromatic carbocycles.